The van der Waals surface area contributed by atoms with Gasteiger partial charge in [0.2, 0.25) is 0 Å². The van der Waals surface area contributed by atoms with Gasteiger partial charge in [-0.1, -0.05) is 175 Å². The Kier molecular flexibility index (Phi) is 40.0. The monoisotopic (exact) mass is 850 g/mol. The number of nitrogens with zero attached hydrogens (tertiary/aromatic N) is 1. The number of carbonyl (C=O) groups is 3. The third-order valence-corrected chi connectivity index (χ3v) is 12.8. The van der Waals surface area contributed by atoms with E-state index in [1.54, 1.807) is 0 Å². The van der Waals surface area contributed by atoms with Crippen LogP contribution in [0.2, 0.25) is 0 Å². The molecule has 1 saturated heterocycles. The Morgan fingerprint density at radius 2 is 0.833 bits per heavy atom. The highest BCUT2D eigenvalue weighted by Gasteiger charge is 2.17. The van der Waals surface area contributed by atoms with E-state index in [1.165, 1.54) is 122 Å². The Labute approximate surface area is 371 Å². The summed E-state index contributed by atoms with van der Waals surface area (Å²) >= 11 is 0. The summed E-state index contributed by atoms with van der Waals surface area (Å²) in [5.74, 6) is 1.03. The topological polar surface area (TPSA) is 91.4 Å². The fourth-order valence-electron chi connectivity index (χ4n) is 8.78. The highest BCUT2D eigenvalue weighted by molar-refractivity contribution is 5.71. The number of hydrogen-bond acceptors (Lipinski definition) is 8. The van der Waals surface area contributed by atoms with Crippen molar-refractivity contribution in [1.29, 1.82) is 0 Å². The van der Waals surface area contributed by atoms with E-state index in [4.69, 9.17) is 18.9 Å². The van der Waals surface area contributed by atoms with Gasteiger partial charge >= 0.3 is 17.9 Å². The van der Waals surface area contributed by atoms with Gasteiger partial charge in [-0.2, -0.15) is 0 Å². The number of piperidine rings is 1. The van der Waals surface area contributed by atoms with Gasteiger partial charge in [0, 0.05) is 19.4 Å². The second-order valence-electron chi connectivity index (χ2n) is 18.4. The average molecular weight is 850 g/mol. The predicted octanol–water partition coefficient (Wildman–Crippen LogP) is 14.3. The molecule has 1 aliphatic heterocycles. The zero-order chi connectivity index (χ0) is 43.6. The number of unbranched alkanes of at least 4 members (excludes halogenated alkanes) is 16. The molecule has 0 aromatic rings. The molecule has 0 amide bonds. The van der Waals surface area contributed by atoms with Crippen molar-refractivity contribution in [3.05, 3.63) is 0 Å². The molecule has 1 aliphatic rings. The third kappa shape index (κ3) is 35.9. The first-order valence-corrected chi connectivity index (χ1v) is 26.2. The zero-order valence-corrected chi connectivity index (χ0v) is 40.2. The van der Waals surface area contributed by atoms with Crippen molar-refractivity contribution in [1.82, 2.24) is 4.90 Å². The molecule has 0 aliphatic carbocycles. The molecule has 1 heterocycles. The minimum Gasteiger partial charge on any atom is -0.466 e. The fourth-order valence-corrected chi connectivity index (χ4v) is 8.78. The minimum atomic E-state index is -0.253. The first kappa shape index (κ1) is 56.3. The molecule has 1 fully saturated rings. The number of carbonyl (C=O) groups excluding carboxylic acids is 3. The molecule has 0 aromatic carbocycles. The van der Waals surface area contributed by atoms with Gasteiger partial charge in [-0.05, 0) is 89.1 Å². The summed E-state index contributed by atoms with van der Waals surface area (Å²) in [5.41, 5.74) is 0. The maximum Gasteiger partial charge on any atom is 0.332 e. The first-order valence-electron chi connectivity index (χ1n) is 26.2. The van der Waals surface area contributed by atoms with E-state index in [0.717, 1.165) is 110 Å². The maximum absolute atomic E-state index is 12.8. The van der Waals surface area contributed by atoms with Crippen molar-refractivity contribution in [2.24, 2.45) is 11.8 Å². The van der Waals surface area contributed by atoms with Gasteiger partial charge in [-0.15, -0.1) is 0 Å². The lowest BCUT2D eigenvalue weighted by Gasteiger charge is -2.26. The van der Waals surface area contributed by atoms with E-state index >= 15 is 0 Å². The zero-order valence-electron chi connectivity index (χ0n) is 40.2. The van der Waals surface area contributed by atoms with Crippen molar-refractivity contribution in [3.8, 4) is 0 Å². The molecule has 0 bridgehead atoms. The van der Waals surface area contributed by atoms with E-state index < -0.39 is 0 Å². The summed E-state index contributed by atoms with van der Waals surface area (Å²) in [6, 6.07) is 0. The van der Waals surface area contributed by atoms with Crippen molar-refractivity contribution in [3.63, 3.8) is 0 Å². The molecule has 354 valence electrons. The lowest BCUT2D eigenvalue weighted by atomic mass is 9.92. The van der Waals surface area contributed by atoms with Crippen LogP contribution in [-0.4, -0.2) is 75.0 Å². The lowest BCUT2D eigenvalue weighted by molar-refractivity contribution is -0.155. The van der Waals surface area contributed by atoms with Crippen LogP contribution in [0, 0.1) is 11.8 Å². The molecule has 8 heteroatoms. The van der Waals surface area contributed by atoms with E-state index in [1.807, 2.05) is 0 Å². The van der Waals surface area contributed by atoms with Gasteiger partial charge in [-0.3, -0.25) is 9.59 Å². The van der Waals surface area contributed by atoms with Gasteiger partial charge < -0.3 is 23.8 Å². The van der Waals surface area contributed by atoms with Crippen LogP contribution in [0.15, 0.2) is 0 Å². The molecule has 0 radical (unpaired) electrons. The number of esters is 3. The van der Waals surface area contributed by atoms with Gasteiger partial charge in [0.1, 0.15) is 12.7 Å². The van der Waals surface area contributed by atoms with Gasteiger partial charge in [-0.25, -0.2) is 4.79 Å². The van der Waals surface area contributed by atoms with E-state index in [0.29, 0.717) is 44.5 Å². The van der Waals surface area contributed by atoms with Crippen LogP contribution < -0.4 is 0 Å². The van der Waals surface area contributed by atoms with Crippen molar-refractivity contribution < 1.29 is 33.3 Å². The normalized spacial score (nSPS) is 13.4. The summed E-state index contributed by atoms with van der Waals surface area (Å²) in [4.78, 5) is 40.1. The molecule has 0 unspecified atom stereocenters. The van der Waals surface area contributed by atoms with Crippen LogP contribution >= 0.6 is 0 Å². The van der Waals surface area contributed by atoms with Crippen LogP contribution in [0.3, 0.4) is 0 Å². The third-order valence-electron chi connectivity index (χ3n) is 12.8. The number of ether oxygens (including phenoxy) is 4. The lowest BCUT2D eigenvalue weighted by Crippen LogP contribution is -2.33. The molecule has 1 rings (SSSR count). The molecule has 0 saturated carbocycles. The first-order chi connectivity index (χ1) is 29.4. The molecule has 0 spiro atoms. The van der Waals surface area contributed by atoms with Gasteiger partial charge in [0.25, 0.3) is 0 Å². The molecule has 0 atom stereocenters. The van der Waals surface area contributed by atoms with Crippen LogP contribution in [0.1, 0.15) is 252 Å². The largest absolute Gasteiger partial charge is 0.466 e. The minimum absolute atomic E-state index is 0.0211. The molecule has 0 aromatic heterocycles. The van der Waals surface area contributed by atoms with E-state index in [-0.39, 0.29) is 30.6 Å². The summed E-state index contributed by atoms with van der Waals surface area (Å²) < 4.78 is 23.0. The molecule has 8 nitrogen and oxygen atoms in total. The smallest absolute Gasteiger partial charge is 0.332 e. The highest BCUT2D eigenvalue weighted by atomic mass is 16.6. The second-order valence-corrected chi connectivity index (χ2v) is 18.4. The molecular formula is C52H99NO7. The van der Waals surface area contributed by atoms with Crippen LogP contribution in [0.4, 0.5) is 0 Å². The molecule has 0 N–H and O–H groups in total. The summed E-state index contributed by atoms with van der Waals surface area (Å²) in [6.07, 6.45) is 39.0. The van der Waals surface area contributed by atoms with E-state index in [2.05, 4.69) is 32.6 Å². The van der Waals surface area contributed by atoms with Gasteiger partial charge in [0.05, 0.1) is 19.8 Å². The van der Waals surface area contributed by atoms with Crippen LogP contribution in [-0.2, 0) is 33.3 Å². The quantitative estimate of drug-likeness (QED) is 0.0340. The van der Waals surface area contributed by atoms with E-state index in [9.17, 15) is 14.4 Å². The van der Waals surface area contributed by atoms with Crippen LogP contribution in [0.5, 0.6) is 0 Å². The summed E-state index contributed by atoms with van der Waals surface area (Å²) in [6.45, 7) is 13.9. The van der Waals surface area contributed by atoms with Crippen molar-refractivity contribution in [2.45, 2.75) is 259 Å². The Balaban J connectivity index is 2.34. The summed E-state index contributed by atoms with van der Waals surface area (Å²) in [5, 5.41) is 0. The molecular weight excluding hydrogens is 751 g/mol. The Hall–Kier alpha value is -1.67. The number of rotatable bonds is 44. The van der Waals surface area contributed by atoms with Gasteiger partial charge in [0.15, 0.2) is 0 Å². The van der Waals surface area contributed by atoms with Crippen molar-refractivity contribution >= 4 is 17.9 Å². The second kappa shape index (κ2) is 42.6. The van der Waals surface area contributed by atoms with Crippen molar-refractivity contribution in [2.75, 3.05) is 46.1 Å². The number of likely N-dealkylation sites (tertiary alicyclic amines) is 1. The highest BCUT2D eigenvalue weighted by Crippen LogP contribution is 2.23. The SMILES string of the molecule is CCCCCC(CCCCC)CCOC(=O)CCCCCCCC(CCCCCCCC(=O)OCCC(CCCCC)CCCCC)OC(=O)COCCN1CCCCC1. The van der Waals surface area contributed by atoms with Crippen LogP contribution in [0.25, 0.3) is 0 Å². The summed E-state index contributed by atoms with van der Waals surface area (Å²) in [7, 11) is 0. The number of hydrogen-bond donors (Lipinski definition) is 0. The fraction of sp³-hybridized carbons (Fsp3) is 0.942. The Bertz CT molecular complexity index is 894. The average Bonchev–Trinajstić information content (AvgIpc) is 3.24. The predicted molar refractivity (Wildman–Crippen MR) is 250 cm³/mol. The Morgan fingerprint density at radius 3 is 1.27 bits per heavy atom. The Morgan fingerprint density at radius 1 is 0.433 bits per heavy atom. The maximum atomic E-state index is 12.8. The molecule has 60 heavy (non-hydrogen) atoms. The standard InChI is InChI=1S/C52H99NO7/c1-5-9-20-30-47(31-21-10-6-2)38-43-58-50(54)36-26-17-13-15-24-34-49(60-52(56)46-57-45-42-53-40-28-19-29-41-53)35-25-16-14-18-27-37-51(55)59-44-39-48(32-22-11-7-3)33-23-12-8-4/h47-49H,5-46H2,1-4H3.